The van der Waals surface area contributed by atoms with Crippen LogP contribution in [0.15, 0.2) is 77.5 Å². The number of thioether (sulfide) groups is 1. The number of carbonyl (C=O) groups is 1. The Hall–Kier alpha value is -3.39. The highest BCUT2D eigenvalue weighted by Crippen LogP contribution is 2.23. The van der Waals surface area contributed by atoms with Crippen molar-refractivity contribution in [3.05, 3.63) is 72.8 Å². The minimum absolute atomic E-state index is 0.166. The van der Waals surface area contributed by atoms with Crippen molar-refractivity contribution in [1.82, 2.24) is 20.2 Å². The molecule has 1 amide bonds. The van der Waals surface area contributed by atoms with Crippen LogP contribution >= 0.6 is 11.8 Å². The van der Waals surface area contributed by atoms with Crippen LogP contribution in [0.1, 0.15) is 5.56 Å². The van der Waals surface area contributed by atoms with Gasteiger partial charge >= 0.3 is 0 Å². The average molecular weight is 407 g/mol. The van der Waals surface area contributed by atoms with Gasteiger partial charge in [-0.05, 0) is 17.7 Å². The third-order valence-electron chi connectivity index (χ3n) is 3.89. The molecule has 0 bridgehead atoms. The zero-order chi connectivity index (χ0) is 20.5. The van der Waals surface area contributed by atoms with E-state index < -0.39 is 0 Å². The van der Waals surface area contributed by atoms with Crippen molar-refractivity contribution >= 4 is 23.9 Å². The molecule has 3 aromatic rings. The van der Waals surface area contributed by atoms with E-state index in [4.69, 9.17) is 4.74 Å². The molecular formula is C21H21N5O2S. The number of hydrazone groups is 1. The van der Waals surface area contributed by atoms with Gasteiger partial charge in [-0.3, -0.25) is 9.36 Å². The van der Waals surface area contributed by atoms with Gasteiger partial charge in [0.1, 0.15) is 5.75 Å². The Balaban J connectivity index is 1.60. The summed E-state index contributed by atoms with van der Waals surface area (Å²) in [6.45, 7) is 4.35. The summed E-state index contributed by atoms with van der Waals surface area (Å²) < 4.78 is 7.09. The molecule has 148 valence electrons. The number of carbonyl (C=O) groups excluding carboxylic acids is 1. The van der Waals surface area contributed by atoms with Crippen LogP contribution in [0.3, 0.4) is 0 Å². The number of rotatable bonds is 9. The van der Waals surface area contributed by atoms with E-state index in [2.05, 4.69) is 27.3 Å². The molecule has 3 rings (SSSR count). The van der Waals surface area contributed by atoms with Crippen molar-refractivity contribution in [2.45, 2.75) is 11.7 Å². The van der Waals surface area contributed by atoms with E-state index in [1.54, 1.807) is 19.4 Å². The maximum absolute atomic E-state index is 12.1. The molecule has 29 heavy (non-hydrogen) atoms. The number of allylic oxidation sites excluding steroid dienone is 1. The zero-order valence-electron chi connectivity index (χ0n) is 16.0. The number of nitrogens with zero attached hydrogens (tertiary/aromatic N) is 4. The number of hydrogen-bond acceptors (Lipinski definition) is 6. The first kappa shape index (κ1) is 20.3. The van der Waals surface area contributed by atoms with E-state index >= 15 is 0 Å². The molecule has 2 aromatic carbocycles. The molecule has 1 heterocycles. The molecule has 0 aliphatic carbocycles. The minimum Gasteiger partial charge on any atom is -0.497 e. The lowest BCUT2D eigenvalue weighted by Crippen LogP contribution is -2.20. The zero-order valence-corrected chi connectivity index (χ0v) is 16.8. The van der Waals surface area contributed by atoms with Crippen LogP contribution in [0.2, 0.25) is 0 Å². The number of aromatic nitrogens is 3. The van der Waals surface area contributed by atoms with Crippen LogP contribution in [0.4, 0.5) is 0 Å². The second-order valence-electron chi connectivity index (χ2n) is 5.93. The number of methoxy groups -OCH3 is 1. The van der Waals surface area contributed by atoms with Crippen LogP contribution in [-0.4, -0.2) is 39.7 Å². The van der Waals surface area contributed by atoms with E-state index in [-0.39, 0.29) is 11.7 Å². The van der Waals surface area contributed by atoms with Crippen LogP contribution in [0.5, 0.6) is 5.75 Å². The number of nitrogens with one attached hydrogen (secondary N) is 1. The Morgan fingerprint density at radius 2 is 2.07 bits per heavy atom. The number of ether oxygens (including phenoxy) is 1. The maximum Gasteiger partial charge on any atom is 0.250 e. The summed E-state index contributed by atoms with van der Waals surface area (Å²) in [4.78, 5) is 12.1. The largest absolute Gasteiger partial charge is 0.497 e. The van der Waals surface area contributed by atoms with Crippen LogP contribution in [-0.2, 0) is 11.3 Å². The van der Waals surface area contributed by atoms with Crippen molar-refractivity contribution in [2.75, 3.05) is 12.9 Å². The Labute approximate surface area is 173 Å². The number of amides is 1. The lowest BCUT2D eigenvalue weighted by atomic mass is 10.2. The fourth-order valence-electron chi connectivity index (χ4n) is 2.55. The molecule has 0 atom stereocenters. The summed E-state index contributed by atoms with van der Waals surface area (Å²) >= 11 is 1.30. The monoisotopic (exact) mass is 407 g/mol. The molecule has 0 fully saturated rings. The Bertz CT molecular complexity index is 1000. The standard InChI is InChI=1S/C21H21N5O2S/c1-3-12-26-20(17-9-5-4-6-10-17)24-25-21(26)29-15-19(27)23-22-14-16-8-7-11-18(13-16)28-2/h3-11,13-14H,1,12,15H2,2H3,(H,23,27)/b22-14+. The van der Waals surface area contributed by atoms with Gasteiger partial charge in [0.05, 0.1) is 19.1 Å². The summed E-state index contributed by atoms with van der Waals surface area (Å²) in [6, 6.07) is 17.2. The molecular weight excluding hydrogens is 386 g/mol. The average Bonchev–Trinajstić information content (AvgIpc) is 3.16. The van der Waals surface area contributed by atoms with Gasteiger partial charge < -0.3 is 4.74 Å². The van der Waals surface area contributed by atoms with Gasteiger partial charge in [0, 0.05) is 12.1 Å². The van der Waals surface area contributed by atoms with Crippen molar-refractivity contribution in [3.8, 4) is 17.1 Å². The van der Waals surface area contributed by atoms with Crippen LogP contribution in [0.25, 0.3) is 11.4 Å². The highest BCUT2D eigenvalue weighted by Gasteiger charge is 2.14. The molecule has 0 spiro atoms. The van der Waals surface area contributed by atoms with Crippen LogP contribution in [0, 0.1) is 0 Å². The van der Waals surface area contributed by atoms with Gasteiger partial charge in [0.2, 0.25) is 0 Å². The smallest absolute Gasteiger partial charge is 0.250 e. The first-order valence-corrected chi connectivity index (χ1v) is 9.88. The van der Waals surface area contributed by atoms with E-state index in [1.165, 1.54) is 11.8 Å². The Morgan fingerprint density at radius 1 is 1.24 bits per heavy atom. The summed E-state index contributed by atoms with van der Waals surface area (Å²) in [5.74, 6) is 1.40. The van der Waals surface area contributed by atoms with E-state index in [0.717, 1.165) is 22.7 Å². The molecule has 1 aromatic heterocycles. The van der Waals surface area contributed by atoms with Gasteiger partial charge in [0.15, 0.2) is 11.0 Å². The van der Waals surface area contributed by atoms with Crippen molar-refractivity contribution in [2.24, 2.45) is 5.10 Å². The highest BCUT2D eigenvalue weighted by molar-refractivity contribution is 7.99. The fourth-order valence-corrected chi connectivity index (χ4v) is 3.29. The quantitative estimate of drug-likeness (QED) is 0.255. The molecule has 0 unspecified atom stereocenters. The topological polar surface area (TPSA) is 81.4 Å². The Morgan fingerprint density at radius 3 is 2.83 bits per heavy atom. The third-order valence-corrected chi connectivity index (χ3v) is 4.86. The number of benzene rings is 2. The van der Waals surface area contributed by atoms with Gasteiger partial charge in [0.25, 0.3) is 5.91 Å². The predicted molar refractivity (Wildman–Crippen MR) is 115 cm³/mol. The molecule has 0 radical (unpaired) electrons. The van der Waals surface area contributed by atoms with E-state index in [0.29, 0.717) is 11.7 Å². The summed E-state index contributed by atoms with van der Waals surface area (Å²) in [7, 11) is 1.60. The van der Waals surface area contributed by atoms with Gasteiger partial charge in [-0.2, -0.15) is 5.10 Å². The first-order chi connectivity index (χ1) is 14.2. The maximum atomic E-state index is 12.1. The lowest BCUT2D eigenvalue weighted by Gasteiger charge is -2.07. The molecule has 0 aliphatic rings. The van der Waals surface area contributed by atoms with Crippen molar-refractivity contribution in [3.63, 3.8) is 0 Å². The third kappa shape index (κ3) is 5.55. The normalized spacial score (nSPS) is 10.8. The van der Waals surface area contributed by atoms with Gasteiger partial charge in [-0.1, -0.05) is 60.3 Å². The minimum atomic E-state index is -0.233. The van der Waals surface area contributed by atoms with E-state index in [9.17, 15) is 4.79 Å². The SMILES string of the molecule is C=CCn1c(SCC(=O)N/N=C/c2cccc(OC)c2)nnc1-c1ccccc1. The van der Waals surface area contributed by atoms with Crippen molar-refractivity contribution < 1.29 is 9.53 Å². The molecule has 0 saturated carbocycles. The summed E-state index contributed by atoms with van der Waals surface area (Å²) in [5, 5.41) is 13.1. The van der Waals surface area contributed by atoms with Gasteiger partial charge in [-0.25, -0.2) is 5.43 Å². The first-order valence-electron chi connectivity index (χ1n) is 8.89. The molecule has 1 N–H and O–H groups in total. The Kier molecular flexibility index (Phi) is 7.18. The summed E-state index contributed by atoms with van der Waals surface area (Å²) in [6.07, 6.45) is 3.34. The highest BCUT2D eigenvalue weighted by atomic mass is 32.2. The second kappa shape index (κ2) is 10.2. The molecule has 0 saturated heterocycles. The lowest BCUT2D eigenvalue weighted by molar-refractivity contribution is -0.118. The predicted octanol–water partition coefficient (Wildman–Crippen LogP) is 3.38. The number of hydrogen-bond donors (Lipinski definition) is 1. The second-order valence-corrected chi connectivity index (χ2v) is 6.87. The van der Waals surface area contributed by atoms with E-state index in [1.807, 2.05) is 59.2 Å². The van der Waals surface area contributed by atoms with Crippen LogP contribution < -0.4 is 10.2 Å². The molecule has 0 aliphatic heterocycles. The molecule has 7 nitrogen and oxygen atoms in total. The van der Waals surface area contributed by atoms with Gasteiger partial charge in [-0.15, -0.1) is 16.8 Å². The molecule has 8 heteroatoms. The summed E-state index contributed by atoms with van der Waals surface area (Å²) in [5.41, 5.74) is 4.31. The fraction of sp³-hybridized carbons (Fsp3) is 0.143. The van der Waals surface area contributed by atoms with Crippen molar-refractivity contribution in [1.29, 1.82) is 0 Å².